The molecule has 1 aliphatic rings. The summed E-state index contributed by atoms with van der Waals surface area (Å²) < 4.78 is 5.11. The second-order valence-electron chi connectivity index (χ2n) is 5.01. The van der Waals surface area contributed by atoms with Crippen molar-refractivity contribution in [1.29, 1.82) is 0 Å². The Balaban J connectivity index is 1.95. The monoisotopic (exact) mass is 262 g/mol. The van der Waals surface area contributed by atoms with Crippen molar-refractivity contribution in [3.63, 3.8) is 0 Å². The van der Waals surface area contributed by atoms with E-state index in [2.05, 4.69) is 29.7 Å². The van der Waals surface area contributed by atoms with E-state index in [0.717, 1.165) is 18.5 Å². The summed E-state index contributed by atoms with van der Waals surface area (Å²) >= 11 is 0. The maximum atomic E-state index is 12.2. The van der Waals surface area contributed by atoms with Gasteiger partial charge < -0.3 is 15.4 Å². The number of ether oxygens (including phenoxy) is 1. The van der Waals surface area contributed by atoms with Crippen molar-refractivity contribution in [3.05, 3.63) is 29.8 Å². The van der Waals surface area contributed by atoms with Crippen LogP contribution in [0.5, 0.6) is 0 Å². The lowest BCUT2D eigenvalue weighted by molar-refractivity contribution is -0.125. The Labute approximate surface area is 114 Å². The van der Waals surface area contributed by atoms with Gasteiger partial charge in [-0.2, -0.15) is 0 Å². The quantitative estimate of drug-likeness (QED) is 0.851. The second-order valence-corrected chi connectivity index (χ2v) is 5.01. The van der Waals surface area contributed by atoms with Gasteiger partial charge >= 0.3 is 0 Å². The maximum Gasteiger partial charge on any atom is 0.225 e. The zero-order valence-electron chi connectivity index (χ0n) is 11.6. The minimum atomic E-state index is 0.000746. The summed E-state index contributed by atoms with van der Waals surface area (Å²) in [5.41, 5.74) is 2.36. The Kier molecular flexibility index (Phi) is 4.80. The van der Waals surface area contributed by atoms with Crippen LogP contribution < -0.4 is 10.6 Å². The van der Waals surface area contributed by atoms with Gasteiger partial charge in [0, 0.05) is 19.3 Å². The number of anilines is 1. The van der Waals surface area contributed by atoms with Crippen LogP contribution >= 0.6 is 0 Å². The molecule has 2 unspecified atom stereocenters. The van der Waals surface area contributed by atoms with Gasteiger partial charge in [0.1, 0.15) is 0 Å². The summed E-state index contributed by atoms with van der Waals surface area (Å²) in [6, 6.07) is 8.27. The van der Waals surface area contributed by atoms with E-state index in [1.807, 2.05) is 12.1 Å². The molecule has 0 aliphatic carbocycles. The van der Waals surface area contributed by atoms with Crippen molar-refractivity contribution in [2.24, 2.45) is 5.92 Å². The zero-order chi connectivity index (χ0) is 13.7. The average Bonchev–Trinajstić information content (AvgIpc) is 2.46. The molecule has 1 aromatic carbocycles. The summed E-state index contributed by atoms with van der Waals surface area (Å²) in [5, 5.41) is 6.39. The largest absolute Gasteiger partial charge is 0.384 e. The lowest BCUT2D eigenvalue weighted by Crippen LogP contribution is -2.44. The highest BCUT2D eigenvalue weighted by molar-refractivity contribution is 5.81. The summed E-state index contributed by atoms with van der Waals surface area (Å²) in [6.07, 6.45) is 1.69. The van der Waals surface area contributed by atoms with Crippen molar-refractivity contribution >= 4 is 11.6 Å². The molecule has 0 saturated heterocycles. The number of hydrogen-bond acceptors (Lipinski definition) is 3. The second kappa shape index (κ2) is 6.57. The lowest BCUT2D eigenvalue weighted by atomic mass is 9.93. The predicted molar refractivity (Wildman–Crippen MR) is 76.2 cm³/mol. The molecule has 4 heteroatoms. The highest BCUT2D eigenvalue weighted by atomic mass is 16.5. The highest BCUT2D eigenvalue weighted by Crippen LogP contribution is 2.24. The molecule has 0 saturated carbocycles. The Morgan fingerprint density at radius 2 is 2.32 bits per heavy atom. The number of para-hydroxylation sites is 1. The van der Waals surface area contributed by atoms with E-state index in [4.69, 9.17) is 4.74 Å². The highest BCUT2D eigenvalue weighted by Gasteiger charge is 2.25. The summed E-state index contributed by atoms with van der Waals surface area (Å²) in [4.78, 5) is 12.2. The Morgan fingerprint density at radius 1 is 1.53 bits per heavy atom. The number of carbonyl (C=O) groups excluding carboxylic acids is 1. The van der Waals surface area contributed by atoms with Crippen molar-refractivity contribution in [2.75, 3.05) is 25.6 Å². The number of benzene rings is 1. The zero-order valence-corrected chi connectivity index (χ0v) is 11.6. The molecule has 2 N–H and O–H groups in total. The molecule has 2 rings (SSSR count). The molecule has 2 atom stereocenters. The number of hydrogen-bond donors (Lipinski definition) is 2. The van der Waals surface area contributed by atoms with E-state index in [-0.39, 0.29) is 17.9 Å². The van der Waals surface area contributed by atoms with Crippen LogP contribution in [0.15, 0.2) is 24.3 Å². The molecule has 0 spiro atoms. The molecule has 0 bridgehead atoms. The van der Waals surface area contributed by atoms with Gasteiger partial charge in [-0.3, -0.25) is 4.79 Å². The first-order valence-electron chi connectivity index (χ1n) is 6.85. The van der Waals surface area contributed by atoms with Gasteiger partial charge in [0.25, 0.3) is 0 Å². The summed E-state index contributed by atoms with van der Waals surface area (Å²) in [7, 11) is 1.66. The number of nitrogens with one attached hydrogen (secondary N) is 2. The molecule has 0 aromatic heterocycles. The fraction of sp³-hybridized carbons (Fsp3) is 0.533. The van der Waals surface area contributed by atoms with Crippen LogP contribution in [0.25, 0.3) is 0 Å². The number of rotatable bonds is 5. The first-order valence-corrected chi connectivity index (χ1v) is 6.85. The lowest BCUT2D eigenvalue weighted by Gasteiger charge is -2.27. The van der Waals surface area contributed by atoms with E-state index in [1.54, 1.807) is 7.11 Å². The van der Waals surface area contributed by atoms with Crippen LogP contribution in [0, 0.1) is 5.92 Å². The first-order chi connectivity index (χ1) is 9.24. The SMILES string of the molecule is CCC(COC)NC(=O)C1CNc2ccccc2C1. The first kappa shape index (κ1) is 13.9. The van der Waals surface area contributed by atoms with Crippen LogP contribution in [0.3, 0.4) is 0 Å². The van der Waals surface area contributed by atoms with Crippen LogP contribution in [-0.2, 0) is 16.0 Å². The number of fused-ring (bicyclic) bond motifs is 1. The van der Waals surface area contributed by atoms with E-state index < -0.39 is 0 Å². The maximum absolute atomic E-state index is 12.2. The molecule has 1 aromatic rings. The number of carbonyl (C=O) groups is 1. The van der Waals surface area contributed by atoms with Crippen molar-refractivity contribution in [3.8, 4) is 0 Å². The van der Waals surface area contributed by atoms with Crippen LogP contribution in [0.1, 0.15) is 18.9 Å². The minimum absolute atomic E-state index is 0.000746. The Bertz CT molecular complexity index is 434. The van der Waals surface area contributed by atoms with Crippen LogP contribution in [0.2, 0.25) is 0 Å². The van der Waals surface area contributed by atoms with E-state index >= 15 is 0 Å². The topological polar surface area (TPSA) is 50.4 Å². The van der Waals surface area contributed by atoms with Gasteiger partial charge in [0.05, 0.1) is 18.6 Å². The van der Waals surface area contributed by atoms with Crippen molar-refractivity contribution in [2.45, 2.75) is 25.8 Å². The Hall–Kier alpha value is -1.55. The summed E-state index contributed by atoms with van der Waals surface area (Å²) in [6.45, 7) is 3.32. The fourth-order valence-electron chi connectivity index (χ4n) is 2.41. The van der Waals surface area contributed by atoms with E-state index in [1.165, 1.54) is 5.56 Å². The molecular formula is C15H22N2O2. The molecule has 0 fully saturated rings. The van der Waals surface area contributed by atoms with Gasteiger partial charge in [-0.1, -0.05) is 25.1 Å². The fourth-order valence-corrected chi connectivity index (χ4v) is 2.41. The van der Waals surface area contributed by atoms with Gasteiger partial charge in [-0.05, 0) is 24.5 Å². The molecular weight excluding hydrogens is 240 g/mol. The number of methoxy groups -OCH3 is 1. The van der Waals surface area contributed by atoms with E-state index in [0.29, 0.717) is 13.2 Å². The van der Waals surface area contributed by atoms with E-state index in [9.17, 15) is 4.79 Å². The molecule has 1 aliphatic heterocycles. The predicted octanol–water partition coefficient (Wildman–Crippen LogP) is 1.81. The van der Waals surface area contributed by atoms with Gasteiger partial charge in [0.2, 0.25) is 5.91 Å². The third-order valence-electron chi connectivity index (χ3n) is 3.60. The van der Waals surface area contributed by atoms with Crippen LogP contribution in [-0.4, -0.2) is 32.2 Å². The standard InChI is InChI=1S/C15H22N2O2/c1-3-13(10-19-2)17-15(18)12-8-11-6-4-5-7-14(11)16-9-12/h4-7,12-13,16H,3,8-10H2,1-2H3,(H,17,18). The number of amides is 1. The third kappa shape index (κ3) is 3.47. The average molecular weight is 262 g/mol. The van der Waals surface area contributed by atoms with Crippen molar-refractivity contribution < 1.29 is 9.53 Å². The smallest absolute Gasteiger partial charge is 0.225 e. The summed E-state index contributed by atoms with van der Waals surface area (Å²) in [5.74, 6) is 0.117. The van der Waals surface area contributed by atoms with Crippen LogP contribution in [0.4, 0.5) is 5.69 Å². The Morgan fingerprint density at radius 3 is 3.05 bits per heavy atom. The van der Waals surface area contributed by atoms with Gasteiger partial charge in [-0.25, -0.2) is 0 Å². The molecule has 1 amide bonds. The molecule has 104 valence electrons. The molecule has 19 heavy (non-hydrogen) atoms. The third-order valence-corrected chi connectivity index (χ3v) is 3.60. The molecule has 1 heterocycles. The van der Waals surface area contributed by atoms with Crippen molar-refractivity contribution in [1.82, 2.24) is 5.32 Å². The molecule has 4 nitrogen and oxygen atoms in total. The van der Waals surface area contributed by atoms with Gasteiger partial charge in [0.15, 0.2) is 0 Å². The molecule has 0 radical (unpaired) electrons. The normalized spacial score (nSPS) is 19.2. The van der Waals surface area contributed by atoms with Gasteiger partial charge in [-0.15, -0.1) is 0 Å². The minimum Gasteiger partial charge on any atom is -0.384 e.